The Bertz CT molecular complexity index is 752. The molecule has 3 fully saturated rings. The maximum absolute atomic E-state index is 14.0. The fourth-order valence-electron chi connectivity index (χ4n) is 4.06. The Kier molecular flexibility index (Phi) is 3.16. The van der Waals surface area contributed by atoms with Gasteiger partial charge in [0.2, 0.25) is 0 Å². The van der Waals surface area contributed by atoms with Crippen molar-refractivity contribution in [3.05, 3.63) is 30.1 Å². The van der Waals surface area contributed by atoms with Crippen molar-refractivity contribution in [2.75, 3.05) is 18.0 Å². The average Bonchev–Trinajstić information content (AvgIpc) is 3.17. The molecular formula is C17H18FN3O3. The number of carbonyl (C=O) groups is 3. The van der Waals surface area contributed by atoms with Gasteiger partial charge < -0.3 is 9.80 Å². The van der Waals surface area contributed by atoms with Crippen LogP contribution in [0.5, 0.6) is 0 Å². The second-order valence-corrected chi connectivity index (χ2v) is 6.73. The number of imide groups is 1. The van der Waals surface area contributed by atoms with Crippen LogP contribution in [-0.4, -0.2) is 52.3 Å². The van der Waals surface area contributed by atoms with Gasteiger partial charge in [0, 0.05) is 13.1 Å². The monoisotopic (exact) mass is 331 g/mol. The molecule has 0 radical (unpaired) electrons. The van der Waals surface area contributed by atoms with Crippen molar-refractivity contribution in [2.24, 2.45) is 0 Å². The molecule has 0 spiro atoms. The smallest absolute Gasteiger partial charge is 0.310 e. The lowest BCUT2D eigenvalue weighted by atomic mass is 9.99. The zero-order valence-electron chi connectivity index (χ0n) is 13.4. The Morgan fingerprint density at radius 2 is 1.92 bits per heavy atom. The molecule has 3 heterocycles. The van der Waals surface area contributed by atoms with Gasteiger partial charge in [0.25, 0.3) is 11.8 Å². The maximum Gasteiger partial charge on any atom is 0.328 e. The van der Waals surface area contributed by atoms with Crippen LogP contribution < -0.4 is 4.90 Å². The third-order valence-electron chi connectivity index (χ3n) is 5.39. The number of hydrogen-bond acceptors (Lipinski definition) is 3. The second-order valence-electron chi connectivity index (χ2n) is 6.73. The summed E-state index contributed by atoms with van der Waals surface area (Å²) in [6, 6.07) is 4.80. The molecule has 0 saturated carbocycles. The van der Waals surface area contributed by atoms with Crippen molar-refractivity contribution >= 4 is 23.5 Å². The van der Waals surface area contributed by atoms with Gasteiger partial charge in [-0.1, -0.05) is 12.1 Å². The zero-order valence-corrected chi connectivity index (χ0v) is 13.4. The van der Waals surface area contributed by atoms with Crippen LogP contribution in [0.4, 0.5) is 14.9 Å². The van der Waals surface area contributed by atoms with E-state index in [0.29, 0.717) is 19.4 Å². The number of hydrogen-bond donors (Lipinski definition) is 0. The molecule has 6 nitrogen and oxygen atoms in total. The van der Waals surface area contributed by atoms with Gasteiger partial charge in [-0.15, -0.1) is 0 Å². The Hall–Kier alpha value is -2.44. The minimum Gasteiger partial charge on any atom is -0.310 e. The number of halogens is 1. The molecule has 4 rings (SSSR count). The lowest BCUT2D eigenvalue weighted by Crippen LogP contribution is -2.47. The molecule has 0 aromatic heterocycles. The lowest BCUT2D eigenvalue weighted by Gasteiger charge is -2.23. The van der Waals surface area contributed by atoms with E-state index in [2.05, 4.69) is 0 Å². The highest BCUT2D eigenvalue weighted by molar-refractivity contribution is 6.12. The Morgan fingerprint density at radius 3 is 2.62 bits per heavy atom. The van der Waals surface area contributed by atoms with Crippen molar-refractivity contribution in [1.29, 1.82) is 0 Å². The van der Waals surface area contributed by atoms with Gasteiger partial charge in [0.05, 0.1) is 5.69 Å². The number of benzene rings is 1. The molecule has 2 atom stereocenters. The number of rotatable bonds is 2. The number of anilines is 1. The quantitative estimate of drug-likeness (QED) is 0.776. The maximum atomic E-state index is 14.0. The van der Waals surface area contributed by atoms with Crippen LogP contribution in [0.3, 0.4) is 0 Å². The number of nitrogens with zero attached hydrogens (tertiary/aromatic N) is 3. The summed E-state index contributed by atoms with van der Waals surface area (Å²) < 4.78 is 14.0. The van der Waals surface area contributed by atoms with Crippen LogP contribution in [0.2, 0.25) is 0 Å². The SMILES string of the molecule is C[C@]12CCCN1C(=O)N([C@@H]1CCN(c3ccccc3F)C1=O)C2=O. The van der Waals surface area contributed by atoms with E-state index in [1.165, 1.54) is 17.0 Å². The minimum atomic E-state index is -0.841. The summed E-state index contributed by atoms with van der Waals surface area (Å²) in [5, 5.41) is 0. The molecule has 1 aromatic rings. The van der Waals surface area contributed by atoms with Gasteiger partial charge in [-0.05, 0) is 38.3 Å². The second kappa shape index (κ2) is 5.03. The summed E-state index contributed by atoms with van der Waals surface area (Å²) in [5.74, 6) is -1.19. The lowest BCUT2D eigenvalue weighted by molar-refractivity contribution is -0.136. The predicted octanol–water partition coefficient (Wildman–Crippen LogP) is 1.75. The fourth-order valence-corrected chi connectivity index (χ4v) is 4.06. The first-order chi connectivity index (χ1) is 11.4. The molecule has 7 heteroatoms. The van der Waals surface area contributed by atoms with Crippen LogP contribution >= 0.6 is 0 Å². The number of amides is 4. The molecule has 4 amide bonds. The minimum absolute atomic E-state index is 0.191. The molecule has 126 valence electrons. The van der Waals surface area contributed by atoms with Crippen molar-refractivity contribution in [3.63, 3.8) is 0 Å². The van der Waals surface area contributed by atoms with E-state index in [-0.39, 0.29) is 18.1 Å². The van der Waals surface area contributed by atoms with E-state index in [1.54, 1.807) is 24.0 Å². The summed E-state index contributed by atoms with van der Waals surface area (Å²) >= 11 is 0. The summed E-state index contributed by atoms with van der Waals surface area (Å²) in [7, 11) is 0. The summed E-state index contributed by atoms with van der Waals surface area (Å²) in [6.07, 6.45) is 1.74. The van der Waals surface area contributed by atoms with E-state index < -0.39 is 29.3 Å². The third kappa shape index (κ3) is 1.84. The highest BCUT2D eigenvalue weighted by Crippen LogP contribution is 2.40. The Labute approximate surface area is 138 Å². The van der Waals surface area contributed by atoms with Gasteiger partial charge >= 0.3 is 6.03 Å². The first-order valence-electron chi connectivity index (χ1n) is 8.16. The van der Waals surface area contributed by atoms with E-state index >= 15 is 0 Å². The van der Waals surface area contributed by atoms with E-state index in [1.807, 2.05) is 0 Å². The molecule has 0 aliphatic carbocycles. The van der Waals surface area contributed by atoms with Crippen LogP contribution in [0.1, 0.15) is 26.2 Å². The third-order valence-corrected chi connectivity index (χ3v) is 5.39. The van der Waals surface area contributed by atoms with Crippen LogP contribution in [0, 0.1) is 5.82 Å². The Morgan fingerprint density at radius 1 is 1.17 bits per heavy atom. The van der Waals surface area contributed by atoms with Gasteiger partial charge in [0.1, 0.15) is 17.4 Å². The summed E-state index contributed by atoms with van der Waals surface area (Å²) in [5.41, 5.74) is -0.640. The molecule has 3 saturated heterocycles. The normalized spacial score (nSPS) is 29.8. The standard InChI is InChI=1S/C17H18FN3O3/c1-17-8-4-9-20(17)16(24)21(15(17)23)13-7-10-19(14(13)22)12-6-3-2-5-11(12)18/h2-3,5-6,13H,4,7-10H2,1H3/t13-,17-/m1/s1. The van der Waals surface area contributed by atoms with E-state index in [9.17, 15) is 18.8 Å². The van der Waals surface area contributed by atoms with Crippen molar-refractivity contribution in [2.45, 2.75) is 37.8 Å². The van der Waals surface area contributed by atoms with Gasteiger partial charge in [0.15, 0.2) is 0 Å². The van der Waals surface area contributed by atoms with E-state index in [4.69, 9.17) is 0 Å². The highest BCUT2D eigenvalue weighted by atomic mass is 19.1. The Balaban J connectivity index is 1.63. The number of urea groups is 1. The van der Waals surface area contributed by atoms with Crippen LogP contribution in [-0.2, 0) is 9.59 Å². The summed E-state index contributed by atoms with van der Waals surface area (Å²) in [4.78, 5) is 42.2. The van der Waals surface area contributed by atoms with Crippen LogP contribution in [0.15, 0.2) is 24.3 Å². The molecule has 0 bridgehead atoms. The predicted molar refractivity (Wildman–Crippen MR) is 83.7 cm³/mol. The van der Waals surface area contributed by atoms with Crippen molar-refractivity contribution in [3.8, 4) is 0 Å². The van der Waals surface area contributed by atoms with Gasteiger partial charge in [-0.3, -0.25) is 9.59 Å². The molecule has 1 aromatic carbocycles. The number of para-hydroxylation sites is 1. The van der Waals surface area contributed by atoms with Crippen molar-refractivity contribution < 1.29 is 18.8 Å². The topological polar surface area (TPSA) is 60.9 Å². The van der Waals surface area contributed by atoms with Gasteiger partial charge in [-0.2, -0.15) is 0 Å². The number of fused-ring (bicyclic) bond motifs is 1. The number of carbonyl (C=O) groups excluding carboxylic acids is 3. The average molecular weight is 331 g/mol. The molecular weight excluding hydrogens is 313 g/mol. The molecule has 24 heavy (non-hydrogen) atoms. The first-order valence-corrected chi connectivity index (χ1v) is 8.16. The fraction of sp³-hybridized carbons (Fsp3) is 0.471. The van der Waals surface area contributed by atoms with Crippen LogP contribution in [0.25, 0.3) is 0 Å². The van der Waals surface area contributed by atoms with Crippen molar-refractivity contribution in [1.82, 2.24) is 9.80 Å². The summed E-state index contributed by atoms with van der Waals surface area (Å²) in [6.45, 7) is 2.59. The molecule has 0 unspecified atom stereocenters. The molecule has 3 aliphatic heterocycles. The van der Waals surface area contributed by atoms with E-state index in [0.717, 1.165) is 11.3 Å². The molecule has 0 N–H and O–H groups in total. The first kappa shape index (κ1) is 15.1. The highest BCUT2D eigenvalue weighted by Gasteiger charge is 2.60. The van der Waals surface area contributed by atoms with Gasteiger partial charge in [-0.25, -0.2) is 14.1 Å². The zero-order chi connectivity index (χ0) is 17.1. The largest absolute Gasteiger partial charge is 0.328 e. The molecule has 3 aliphatic rings.